The molecule has 0 bridgehead atoms. The van der Waals surface area contributed by atoms with Gasteiger partial charge < -0.3 is 9.97 Å². The van der Waals surface area contributed by atoms with Crippen LogP contribution in [0.15, 0.2) is 122 Å². The first kappa shape index (κ1) is 25.7. The average molecular weight is 667 g/mol. The molecular weight excluding hydrogens is 641 g/mol. The third kappa shape index (κ3) is 4.60. The van der Waals surface area contributed by atoms with E-state index < -0.39 is 0 Å². The molecule has 1 radical (unpaired) electrons. The number of hydrogen-bond donors (Lipinski definition) is 0. The van der Waals surface area contributed by atoms with Crippen LogP contribution in [0.3, 0.4) is 0 Å². The topological polar surface area (TPSA) is 25.8 Å². The number of fused-ring (bicyclic) bond motifs is 5. The standard InChI is InChI=1S/C24H18N.C11H8N.Ir/c1-24(2)20-13-12-16-8-6-7-11-18(16)21(20)19-14-15-25-23(22(19)24)17-9-4-3-5-10-17;1-2-6-10(7-3-1)11-8-4-5-9-12-11;/h3-9,11-15H,1-2H3;1-6,8-9H;/q2*-1;. The first-order chi connectivity index (χ1) is 18.1. The third-order valence-electron chi connectivity index (χ3n) is 7.06. The van der Waals surface area contributed by atoms with Gasteiger partial charge in [0.2, 0.25) is 0 Å². The van der Waals surface area contributed by atoms with Gasteiger partial charge in [-0.1, -0.05) is 62.4 Å². The first-order valence-electron chi connectivity index (χ1n) is 12.5. The molecule has 3 heteroatoms. The molecule has 0 N–H and O–H groups in total. The smallest absolute Gasteiger partial charge is 0.0167 e. The van der Waals surface area contributed by atoms with Gasteiger partial charge >= 0.3 is 0 Å². The molecule has 1 aliphatic carbocycles. The van der Waals surface area contributed by atoms with Crippen LogP contribution in [-0.2, 0) is 25.5 Å². The Hall–Kier alpha value is -3.91. The normalized spacial score (nSPS) is 12.5. The maximum Gasteiger partial charge on any atom is 0.0167 e. The Bertz CT molecular complexity index is 1640. The van der Waals surface area contributed by atoms with Crippen LogP contribution >= 0.6 is 0 Å². The van der Waals surface area contributed by atoms with Crippen LogP contribution in [0.4, 0.5) is 0 Å². The zero-order valence-electron chi connectivity index (χ0n) is 21.3. The van der Waals surface area contributed by atoms with Crippen LogP contribution < -0.4 is 0 Å². The van der Waals surface area contributed by atoms with E-state index in [4.69, 9.17) is 4.98 Å². The van der Waals surface area contributed by atoms with Gasteiger partial charge in [0.25, 0.3) is 0 Å². The molecule has 0 aliphatic heterocycles. The Kier molecular flexibility index (Phi) is 7.33. The number of nitrogens with zero attached hydrogens (tertiary/aromatic N) is 2. The van der Waals surface area contributed by atoms with Gasteiger partial charge in [-0.15, -0.1) is 71.8 Å². The van der Waals surface area contributed by atoms with Crippen molar-refractivity contribution in [1.29, 1.82) is 0 Å². The van der Waals surface area contributed by atoms with Crippen LogP contribution in [-0.4, -0.2) is 9.97 Å². The predicted molar refractivity (Wildman–Crippen MR) is 152 cm³/mol. The summed E-state index contributed by atoms with van der Waals surface area (Å²) in [7, 11) is 0. The van der Waals surface area contributed by atoms with E-state index in [2.05, 4.69) is 85.6 Å². The second-order valence-electron chi connectivity index (χ2n) is 9.68. The minimum absolute atomic E-state index is 0. The van der Waals surface area contributed by atoms with Crippen molar-refractivity contribution < 1.29 is 20.1 Å². The van der Waals surface area contributed by atoms with E-state index in [9.17, 15) is 0 Å². The van der Waals surface area contributed by atoms with Gasteiger partial charge in [0.15, 0.2) is 0 Å². The maximum atomic E-state index is 4.75. The molecule has 0 unspecified atom stereocenters. The summed E-state index contributed by atoms with van der Waals surface area (Å²) >= 11 is 0. The van der Waals surface area contributed by atoms with Crippen molar-refractivity contribution in [2.75, 3.05) is 0 Å². The summed E-state index contributed by atoms with van der Waals surface area (Å²) in [6.45, 7) is 4.61. The van der Waals surface area contributed by atoms with Gasteiger partial charge in [-0.25, -0.2) is 0 Å². The number of aromatic nitrogens is 2. The Balaban J connectivity index is 0.000000191. The zero-order chi connectivity index (χ0) is 25.2. The van der Waals surface area contributed by atoms with Crippen LogP contribution in [0.2, 0.25) is 0 Å². The second-order valence-corrected chi connectivity index (χ2v) is 9.68. The van der Waals surface area contributed by atoms with Gasteiger partial charge in [0.05, 0.1) is 0 Å². The SMILES string of the molecule is CC1(C)c2ccc3ccccc3c2-c2ccnc(-c3[c-]cccc3)c21.[Ir].[c-]1ccccc1-c1ccccn1. The monoisotopic (exact) mass is 667 g/mol. The van der Waals surface area contributed by atoms with Crippen molar-refractivity contribution in [1.82, 2.24) is 9.97 Å². The van der Waals surface area contributed by atoms with Gasteiger partial charge in [0, 0.05) is 37.9 Å². The summed E-state index contributed by atoms with van der Waals surface area (Å²) in [6.07, 6.45) is 3.72. The first-order valence-corrected chi connectivity index (χ1v) is 12.5. The van der Waals surface area contributed by atoms with E-state index in [1.54, 1.807) is 6.20 Å². The van der Waals surface area contributed by atoms with Gasteiger partial charge in [-0.3, -0.25) is 0 Å². The molecule has 0 saturated carbocycles. The Morgan fingerprint density at radius 1 is 0.632 bits per heavy atom. The van der Waals surface area contributed by atoms with E-state index in [0.717, 1.165) is 22.5 Å². The molecule has 2 aromatic heterocycles. The molecular formula is C35H26IrN2-2. The summed E-state index contributed by atoms with van der Waals surface area (Å²) < 4.78 is 0. The molecule has 1 aliphatic rings. The molecule has 187 valence electrons. The fourth-order valence-corrected chi connectivity index (χ4v) is 5.34. The Morgan fingerprint density at radius 2 is 1.34 bits per heavy atom. The fourth-order valence-electron chi connectivity index (χ4n) is 5.34. The summed E-state index contributed by atoms with van der Waals surface area (Å²) in [5, 5.41) is 2.61. The van der Waals surface area contributed by atoms with E-state index in [1.807, 2.05) is 60.8 Å². The van der Waals surface area contributed by atoms with E-state index in [1.165, 1.54) is 33.0 Å². The van der Waals surface area contributed by atoms with Crippen molar-refractivity contribution in [3.8, 4) is 33.6 Å². The second kappa shape index (κ2) is 10.8. The zero-order valence-corrected chi connectivity index (χ0v) is 23.7. The quantitative estimate of drug-likeness (QED) is 0.173. The molecule has 0 fully saturated rings. The van der Waals surface area contributed by atoms with Crippen LogP contribution in [0.5, 0.6) is 0 Å². The van der Waals surface area contributed by atoms with E-state index in [-0.39, 0.29) is 25.5 Å². The molecule has 2 nitrogen and oxygen atoms in total. The van der Waals surface area contributed by atoms with Crippen LogP contribution in [0.25, 0.3) is 44.4 Å². The number of hydrogen-bond acceptors (Lipinski definition) is 2. The molecule has 38 heavy (non-hydrogen) atoms. The molecule has 4 aromatic carbocycles. The third-order valence-corrected chi connectivity index (χ3v) is 7.06. The molecule has 6 aromatic rings. The van der Waals surface area contributed by atoms with Crippen LogP contribution in [0, 0.1) is 12.1 Å². The van der Waals surface area contributed by atoms with Crippen molar-refractivity contribution in [2.45, 2.75) is 19.3 Å². The summed E-state index contributed by atoms with van der Waals surface area (Å²) in [4.78, 5) is 8.97. The van der Waals surface area contributed by atoms with E-state index >= 15 is 0 Å². The average Bonchev–Trinajstić information content (AvgIpc) is 3.22. The van der Waals surface area contributed by atoms with Crippen LogP contribution in [0.1, 0.15) is 25.0 Å². The molecule has 0 spiro atoms. The minimum Gasteiger partial charge on any atom is -0.305 e. The van der Waals surface area contributed by atoms with Gasteiger partial charge in [-0.05, 0) is 56.5 Å². The molecule has 7 rings (SSSR count). The summed E-state index contributed by atoms with van der Waals surface area (Å²) in [5.74, 6) is 0. The number of benzene rings is 4. The van der Waals surface area contributed by atoms with Crippen molar-refractivity contribution >= 4 is 10.8 Å². The maximum absolute atomic E-state index is 4.75. The fraction of sp³-hybridized carbons (Fsp3) is 0.0857. The number of pyridine rings is 2. The largest absolute Gasteiger partial charge is 0.305 e. The molecule has 2 heterocycles. The molecule has 0 saturated heterocycles. The Morgan fingerprint density at radius 3 is 2.05 bits per heavy atom. The van der Waals surface area contributed by atoms with Crippen molar-refractivity contribution in [3.63, 3.8) is 0 Å². The minimum atomic E-state index is -0.0814. The summed E-state index contributed by atoms with van der Waals surface area (Å²) in [6, 6.07) is 43.6. The van der Waals surface area contributed by atoms with Crippen molar-refractivity contribution in [3.05, 3.63) is 145 Å². The molecule has 0 amide bonds. The van der Waals surface area contributed by atoms with Crippen molar-refractivity contribution in [2.24, 2.45) is 0 Å². The molecule has 0 atom stereocenters. The van der Waals surface area contributed by atoms with Gasteiger partial charge in [0.1, 0.15) is 0 Å². The van der Waals surface area contributed by atoms with E-state index in [0.29, 0.717) is 0 Å². The number of rotatable bonds is 2. The predicted octanol–water partition coefficient (Wildman–Crippen LogP) is 8.55. The Labute approximate surface area is 237 Å². The summed E-state index contributed by atoms with van der Waals surface area (Å²) in [5.41, 5.74) is 9.39. The van der Waals surface area contributed by atoms with Gasteiger partial charge in [-0.2, -0.15) is 0 Å².